The van der Waals surface area contributed by atoms with Gasteiger partial charge in [-0.15, -0.1) is 0 Å². The smallest absolute Gasteiger partial charge is 0.424 e. The van der Waals surface area contributed by atoms with Gasteiger partial charge in [0.05, 0.1) is 10.4 Å². The Bertz CT molecular complexity index is 757. The number of carbonyl (C=O) groups is 1. The van der Waals surface area contributed by atoms with Crippen molar-refractivity contribution in [2.75, 3.05) is 6.61 Å². The summed E-state index contributed by atoms with van der Waals surface area (Å²) in [5, 5.41) is 9.18. The first kappa shape index (κ1) is 20.7. The number of rotatable bonds is 4. The first-order chi connectivity index (χ1) is 11.8. The largest absolute Gasteiger partial charge is 0.443 e. The lowest BCUT2D eigenvalue weighted by molar-refractivity contribution is 0.0282. The van der Waals surface area contributed by atoms with Gasteiger partial charge in [0, 0.05) is 6.61 Å². The molecule has 1 fully saturated rings. The van der Waals surface area contributed by atoms with E-state index in [1.165, 1.54) is 12.1 Å². The fourth-order valence-corrected chi connectivity index (χ4v) is 4.53. The zero-order valence-corrected chi connectivity index (χ0v) is 17.1. The SMILES string of the molecule is CC(C)(C)OC(=O)N(C(C)(C)C)S(=O)(=O)c1ccc([C@H]2C[C@@H]2CO)cc1. The van der Waals surface area contributed by atoms with Crippen molar-refractivity contribution >= 4 is 16.1 Å². The van der Waals surface area contributed by atoms with Crippen molar-refractivity contribution < 1.29 is 23.1 Å². The lowest BCUT2D eigenvalue weighted by Gasteiger charge is -2.35. The average molecular weight is 384 g/mol. The Morgan fingerprint density at radius 2 is 1.69 bits per heavy atom. The molecule has 1 amide bonds. The van der Waals surface area contributed by atoms with Gasteiger partial charge < -0.3 is 9.84 Å². The van der Waals surface area contributed by atoms with Gasteiger partial charge in [-0.05, 0) is 77.5 Å². The number of aliphatic hydroxyl groups is 1. The molecule has 146 valence electrons. The molecular formula is C19H29NO5S. The summed E-state index contributed by atoms with van der Waals surface area (Å²) < 4.78 is 32.3. The van der Waals surface area contributed by atoms with Crippen molar-refractivity contribution in [3.05, 3.63) is 29.8 Å². The fraction of sp³-hybridized carbons (Fsp3) is 0.632. The van der Waals surface area contributed by atoms with E-state index in [1.807, 2.05) is 0 Å². The Balaban J connectivity index is 2.33. The lowest BCUT2D eigenvalue weighted by atomic mass is 10.1. The van der Waals surface area contributed by atoms with Crippen molar-refractivity contribution in [1.29, 1.82) is 0 Å². The molecule has 1 aliphatic carbocycles. The summed E-state index contributed by atoms with van der Waals surface area (Å²) in [7, 11) is -4.06. The molecule has 7 heteroatoms. The molecular weight excluding hydrogens is 354 g/mol. The highest BCUT2D eigenvalue weighted by Crippen LogP contribution is 2.47. The molecule has 1 aliphatic rings. The van der Waals surface area contributed by atoms with Crippen LogP contribution < -0.4 is 0 Å². The topological polar surface area (TPSA) is 83.9 Å². The van der Waals surface area contributed by atoms with Gasteiger partial charge in [-0.3, -0.25) is 0 Å². The summed E-state index contributed by atoms with van der Waals surface area (Å²) in [5.74, 6) is 0.534. The van der Waals surface area contributed by atoms with E-state index in [1.54, 1.807) is 53.7 Å². The predicted molar refractivity (Wildman–Crippen MR) is 99.4 cm³/mol. The first-order valence-electron chi connectivity index (χ1n) is 8.76. The highest BCUT2D eigenvalue weighted by molar-refractivity contribution is 7.89. The van der Waals surface area contributed by atoms with Crippen molar-refractivity contribution in [3.63, 3.8) is 0 Å². The van der Waals surface area contributed by atoms with Gasteiger partial charge in [-0.25, -0.2) is 13.2 Å². The van der Waals surface area contributed by atoms with Crippen LogP contribution >= 0.6 is 0 Å². The molecule has 6 nitrogen and oxygen atoms in total. The maximum atomic E-state index is 13.1. The Morgan fingerprint density at radius 3 is 2.08 bits per heavy atom. The molecule has 0 aliphatic heterocycles. The van der Waals surface area contributed by atoms with Gasteiger partial charge >= 0.3 is 6.09 Å². The van der Waals surface area contributed by atoms with Crippen LogP contribution in [0.2, 0.25) is 0 Å². The number of hydrogen-bond acceptors (Lipinski definition) is 5. The summed E-state index contributed by atoms with van der Waals surface area (Å²) in [4.78, 5) is 12.6. The summed E-state index contributed by atoms with van der Waals surface area (Å²) in [6.07, 6.45) is 0.0193. The van der Waals surface area contributed by atoms with Crippen LogP contribution in [0, 0.1) is 5.92 Å². The van der Waals surface area contributed by atoms with Gasteiger partial charge in [0.2, 0.25) is 0 Å². The normalized spacial score (nSPS) is 20.6. The molecule has 0 spiro atoms. The van der Waals surface area contributed by atoms with Crippen LogP contribution in [0.15, 0.2) is 29.2 Å². The van der Waals surface area contributed by atoms with Crippen LogP contribution in [0.3, 0.4) is 0 Å². The number of carbonyl (C=O) groups excluding carboxylic acids is 1. The van der Waals surface area contributed by atoms with E-state index in [0.717, 1.165) is 16.3 Å². The Kier molecular flexibility index (Phi) is 5.46. The number of nitrogens with zero attached hydrogens (tertiary/aromatic N) is 1. The summed E-state index contributed by atoms with van der Waals surface area (Å²) in [6.45, 7) is 10.2. The number of aliphatic hydroxyl groups excluding tert-OH is 1. The maximum absolute atomic E-state index is 13.1. The van der Waals surface area contributed by atoms with E-state index < -0.39 is 27.3 Å². The highest BCUT2D eigenvalue weighted by atomic mass is 32.2. The summed E-state index contributed by atoms with van der Waals surface area (Å²) in [5.41, 5.74) is -0.772. The fourth-order valence-electron chi connectivity index (χ4n) is 2.89. The summed E-state index contributed by atoms with van der Waals surface area (Å²) in [6, 6.07) is 6.54. The van der Waals surface area contributed by atoms with E-state index in [4.69, 9.17) is 4.74 Å². The van der Waals surface area contributed by atoms with Gasteiger partial charge in [0.1, 0.15) is 5.60 Å². The van der Waals surface area contributed by atoms with Crippen LogP contribution in [-0.2, 0) is 14.8 Å². The van der Waals surface area contributed by atoms with Crippen LogP contribution in [0.4, 0.5) is 4.79 Å². The van der Waals surface area contributed by atoms with Crippen molar-refractivity contribution in [2.24, 2.45) is 5.92 Å². The molecule has 1 N–H and O–H groups in total. The van der Waals surface area contributed by atoms with E-state index in [9.17, 15) is 18.3 Å². The molecule has 2 rings (SSSR count). The molecule has 0 radical (unpaired) electrons. The van der Waals surface area contributed by atoms with Gasteiger partial charge in [-0.1, -0.05) is 12.1 Å². The maximum Gasteiger partial charge on any atom is 0.424 e. The van der Waals surface area contributed by atoms with E-state index in [0.29, 0.717) is 0 Å². The molecule has 1 aromatic carbocycles. The third-order valence-electron chi connectivity index (χ3n) is 4.17. The number of ether oxygens (including phenoxy) is 1. The number of sulfonamides is 1. The van der Waals surface area contributed by atoms with Crippen LogP contribution in [0.5, 0.6) is 0 Å². The van der Waals surface area contributed by atoms with Crippen LogP contribution in [0.1, 0.15) is 59.4 Å². The van der Waals surface area contributed by atoms with E-state index in [-0.39, 0.29) is 23.3 Å². The average Bonchev–Trinajstić information content (AvgIpc) is 3.23. The molecule has 0 unspecified atom stereocenters. The third kappa shape index (κ3) is 4.57. The Morgan fingerprint density at radius 1 is 1.15 bits per heavy atom. The molecule has 1 saturated carbocycles. The Hall–Kier alpha value is -1.60. The van der Waals surface area contributed by atoms with Gasteiger partial charge in [0.15, 0.2) is 0 Å². The second-order valence-corrected chi connectivity index (χ2v) is 10.6. The minimum Gasteiger partial charge on any atom is -0.443 e. The minimum atomic E-state index is -4.06. The highest BCUT2D eigenvalue weighted by Gasteiger charge is 2.41. The Labute approximate surface area is 156 Å². The van der Waals surface area contributed by atoms with Crippen LogP contribution in [-0.4, -0.2) is 41.7 Å². The zero-order chi connectivity index (χ0) is 19.9. The molecule has 0 bridgehead atoms. The molecule has 0 heterocycles. The molecule has 0 saturated heterocycles. The quantitative estimate of drug-likeness (QED) is 0.860. The second kappa shape index (κ2) is 6.85. The lowest BCUT2D eigenvalue weighted by Crippen LogP contribution is -2.51. The number of benzene rings is 1. The molecule has 0 aromatic heterocycles. The van der Waals surface area contributed by atoms with Gasteiger partial charge in [-0.2, -0.15) is 4.31 Å². The standard InChI is InChI=1S/C19H29NO5S/c1-18(2,3)20(17(22)25-19(4,5)6)26(23,24)15-9-7-13(8-10-15)16-11-14(16)12-21/h7-10,14,16,21H,11-12H2,1-6H3/t14-,16-/m1/s1. The zero-order valence-electron chi connectivity index (χ0n) is 16.3. The monoisotopic (exact) mass is 383 g/mol. The van der Waals surface area contributed by atoms with E-state index in [2.05, 4.69) is 0 Å². The number of hydrogen-bond donors (Lipinski definition) is 1. The van der Waals surface area contributed by atoms with Crippen molar-refractivity contribution in [3.8, 4) is 0 Å². The molecule has 1 aromatic rings. The van der Waals surface area contributed by atoms with Crippen molar-refractivity contribution in [1.82, 2.24) is 4.31 Å². The molecule has 26 heavy (non-hydrogen) atoms. The van der Waals surface area contributed by atoms with Crippen molar-refractivity contribution in [2.45, 2.75) is 69.9 Å². The minimum absolute atomic E-state index is 0.0447. The predicted octanol–water partition coefficient (Wildman–Crippen LogP) is 3.51. The first-order valence-corrected chi connectivity index (χ1v) is 10.2. The van der Waals surface area contributed by atoms with E-state index >= 15 is 0 Å². The second-order valence-electron chi connectivity index (χ2n) is 8.77. The van der Waals surface area contributed by atoms with Gasteiger partial charge in [0.25, 0.3) is 10.0 Å². The van der Waals surface area contributed by atoms with Crippen LogP contribution in [0.25, 0.3) is 0 Å². The summed E-state index contributed by atoms with van der Waals surface area (Å²) >= 11 is 0. The molecule has 2 atom stereocenters. The third-order valence-corrected chi connectivity index (χ3v) is 6.22. The number of amides is 1.